The van der Waals surface area contributed by atoms with Crippen LogP contribution in [0.15, 0.2) is 0 Å². The molecule has 0 spiro atoms. The molecule has 3 nitrogen and oxygen atoms in total. The molecule has 13 heavy (non-hydrogen) atoms. The Morgan fingerprint density at radius 1 is 1.38 bits per heavy atom. The number of aliphatic hydroxyl groups is 1. The van der Waals surface area contributed by atoms with Gasteiger partial charge in [-0.15, -0.1) is 11.6 Å². The van der Waals surface area contributed by atoms with Crippen LogP contribution >= 0.6 is 11.6 Å². The molecular weight excluding hydrogens is 190 g/mol. The molecule has 0 unspecified atom stereocenters. The highest BCUT2D eigenvalue weighted by Gasteiger charge is 2.12. The fourth-order valence-corrected chi connectivity index (χ4v) is 1.62. The predicted molar refractivity (Wildman–Crippen MR) is 50.9 cm³/mol. The zero-order chi connectivity index (χ0) is 10.0. The molecule has 1 aromatic rings. The standard InChI is InChI=1S/C9H12ClNO2/c1-5-7(3-10)8(4-12)11-6(2)9(5)13/h12-13H,3-4H2,1-2H3. The molecule has 0 aliphatic carbocycles. The number of aliphatic hydroxyl groups excluding tert-OH is 1. The van der Waals surface area contributed by atoms with Crippen molar-refractivity contribution < 1.29 is 10.2 Å². The van der Waals surface area contributed by atoms with Gasteiger partial charge in [0.25, 0.3) is 0 Å². The van der Waals surface area contributed by atoms with Crippen molar-refractivity contribution >= 4 is 11.6 Å². The molecule has 4 heteroatoms. The predicted octanol–water partition coefficient (Wildman–Crippen LogP) is 1.64. The molecule has 0 fully saturated rings. The van der Waals surface area contributed by atoms with Crippen LogP contribution in [0.1, 0.15) is 22.5 Å². The number of aromatic hydroxyl groups is 1. The molecule has 0 saturated heterocycles. The van der Waals surface area contributed by atoms with Crippen molar-refractivity contribution in [2.24, 2.45) is 0 Å². The van der Waals surface area contributed by atoms with Crippen LogP contribution in [0.5, 0.6) is 5.75 Å². The van der Waals surface area contributed by atoms with Crippen LogP contribution in [0.25, 0.3) is 0 Å². The zero-order valence-electron chi connectivity index (χ0n) is 7.63. The molecule has 0 amide bonds. The third-order valence-electron chi connectivity index (χ3n) is 2.08. The Morgan fingerprint density at radius 2 is 2.00 bits per heavy atom. The van der Waals surface area contributed by atoms with Gasteiger partial charge in [0.1, 0.15) is 5.75 Å². The number of aromatic nitrogens is 1. The molecule has 0 radical (unpaired) electrons. The lowest BCUT2D eigenvalue weighted by atomic mass is 10.1. The van der Waals surface area contributed by atoms with E-state index in [4.69, 9.17) is 16.7 Å². The van der Waals surface area contributed by atoms with E-state index >= 15 is 0 Å². The number of halogens is 1. The van der Waals surface area contributed by atoms with Gasteiger partial charge in [-0.1, -0.05) is 0 Å². The minimum absolute atomic E-state index is 0.149. The Labute approximate surface area is 82.0 Å². The van der Waals surface area contributed by atoms with E-state index in [9.17, 15) is 5.11 Å². The van der Waals surface area contributed by atoms with Crippen LogP contribution in [0.4, 0.5) is 0 Å². The molecule has 0 aliphatic rings. The van der Waals surface area contributed by atoms with Gasteiger partial charge < -0.3 is 10.2 Å². The van der Waals surface area contributed by atoms with Gasteiger partial charge >= 0.3 is 0 Å². The second kappa shape index (κ2) is 3.94. The summed E-state index contributed by atoms with van der Waals surface area (Å²) in [6, 6.07) is 0. The highest BCUT2D eigenvalue weighted by Crippen LogP contribution is 2.26. The Kier molecular flexibility index (Phi) is 3.12. The molecule has 0 bridgehead atoms. The van der Waals surface area contributed by atoms with E-state index in [0.29, 0.717) is 22.5 Å². The minimum atomic E-state index is -0.149. The van der Waals surface area contributed by atoms with E-state index in [1.54, 1.807) is 13.8 Å². The summed E-state index contributed by atoms with van der Waals surface area (Å²) in [5.74, 6) is 0.413. The summed E-state index contributed by atoms with van der Waals surface area (Å²) in [5, 5.41) is 18.5. The Balaban J connectivity index is 3.39. The summed E-state index contributed by atoms with van der Waals surface area (Å²) < 4.78 is 0. The lowest BCUT2D eigenvalue weighted by Crippen LogP contribution is -2.01. The highest BCUT2D eigenvalue weighted by atomic mass is 35.5. The molecular formula is C9H12ClNO2. The average molecular weight is 202 g/mol. The van der Waals surface area contributed by atoms with Crippen LogP contribution < -0.4 is 0 Å². The van der Waals surface area contributed by atoms with Gasteiger partial charge in [0.2, 0.25) is 0 Å². The first-order valence-electron chi connectivity index (χ1n) is 3.96. The average Bonchev–Trinajstić information content (AvgIpc) is 2.13. The van der Waals surface area contributed by atoms with Crippen molar-refractivity contribution in [2.45, 2.75) is 26.3 Å². The molecule has 0 atom stereocenters. The Morgan fingerprint density at radius 3 is 2.46 bits per heavy atom. The van der Waals surface area contributed by atoms with Crippen LogP contribution in [0.3, 0.4) is 0 Å². The first-order valence-corrected chi connectivity index (χ1v) is 4.50. The second-order valence-electron chi connectivity index (χ2n) is 2.89. The summed E-state index contributed by atoms with van der Waals surface area (Å²) in [4.78, 5) is 4.04. The third kappa shape index (κ3) is 1.76. The van der Waals surface area contributed by atoms with E-state index in [0.717, 1.165) is 0 Å². The first kappa shape index (κ1) is 10.3. The Hall–Kier alpha value is -0.800. The van der Waals surface area contributed by atoms with E-state index in [2.05, 4.69) is 4.98 Å². The molecule has 0 saturated carbocycles. The number of rotatable bonds is 2. The molecule has 0 aromatic carbocycles. The summed E-state index contributed by atoms with van der Waals surface area (Å²) in [6.07, 6.45) is 0. The normalized spacial score (nSPS) is 10.5. The number of pyridine rings is 1. The van der Waals surface area contributed by atoms with Gasteiger partial charge in [-0.25, -0.2) is 0 Å². The van der Waals surface area contributed by atoms with Crippen LogP contribution in [0, 0.1) is 13.8 Å². The van der Waals surface area contributed by atoms with Crippen molar-refractivity contribution in [2.75, 3.05) is 0 Å². The lowest BCUT2D eigenvalue weighted by molar-refractivity contribution is 0.275. The van der Waals surface area contributed by atoms with Crippen molar-refractivity contribution in [3.63, 3.8) is 0 Å². The highest BCUT2D eigenvalue weighted by molar-refractivity contribution is 6.17. The van der Waals surface area contributed by atoms with E-state index in [1.807, 2.05) is 0 Å². The summed E-state index contributed by atoms with van der Waals surface area (Å²) in [7, 11) is 0. The third-order valence-corrected chi connectivity index (χ3v) is 2.35. The van der Waals surface area contributed by atoms with E-state index in [-0.39, 0.29) is 18.2 Å². The number of hydrogen-bond acceptors (Lipinski definition) is 3. The van der Waals surface area contributed by atoms with Gasteiger partial charge in [-0.2, -0.15) is 0 Å². The lowest BCUT2D eigenvalue weighted by Gasteiger charge is -2.11. The molecule has 72 valence electrons. The van der Waals surface area contributed by atoms with Crippen molar-refractivity contribution in [3.8, 4) is 5.75 Å². The van der Waals surface area contributed by atoms with Crippen LogP contribution in [-0.4, -0.2) is 15.2 Å². The van der Waals surface area contributed by atoms with Gasteiger partial charge in [-0.05, 0) is 25.0 Å². The first-order chi connectivity index (χ1) is 6.11. The van der Waals surface area contributed by atoms with Crippen molar-refractivity contribution in [1.82, 2.24) is 4.98 Å². The zero-order valence-corrected chi connectivity index (χ0v) is 8.39. The SMILES string of the molecule is Cc1nc(CO)c(CCl)c(C)c1O. The maximum atomic E-state index is 9.54. The Bertz CT molecular complexity index is 326. The van der Waals surface area contributed by atoms with Gasteiger partial charge in [0.05, 0.1) is 18.0 Å². The van der Waals surface area contributed by atoms with E-state index < -0.39 is 0 Å². The van der Waals surface area contributed by atoms with Gasteiger partial charge in [0, 0.05) is 5.88 Å². The van der Waals surface area contributed by atoms with Gasteiger partial charge in [0.15, 0.2) is 0 Å². The minimum Gasteiger partial charge on any atom is -0.506 e. The topological polar surface area (TPSA) is 53.4 Å². The largest absolute Gasteiger partial charge is 0.506 e. The number of hydrogen-bond donors (Lipinski definition) is 2. The van der Waals surface area contributed by atoms with Crippen molar-refractivity contribution in [3.05, 3.63) is 22.5 Å². The second-order valence-corrected chi connectivity index (χ2v) is 3.16. The van der Waals surface area contributed by atoms with E-state index in [1.165, 1.54) is 0 Å². The smallest absolute Gasteiger partial charge is 0.140 e. The quantitative estimate of drug-likeness (QED) is 0.716. The number of nitrogens with zero attached hydrogens (tertiary/aromatic N) is 1. The molecule has 1 aromatic heterocycles. The monoisotopic (exact) mass is 201 g/mol. The fraction of sp³-hybridized carbons (Fsp3) is 0.444. The maximum Gasteiger partial charge on any atom is 0.140 e. The summed E-state index contributed by atoms with van der Waals surface area (Å²) >= 11 is 5.68. The summed E-state index contributed by atoms with van der Waals surface area (Å²) in [6.45, 7) is 3.31. The molecule has 0 aliphatic heterocycles. The van der Waals surface area contributed by atoms with Crippen molar-refractivity contribution in [1.29, 1.82) is 0 Å². The van der Waals surface area contributed by atoms with Gasteiger partial charge in [-0.3, -0.25) is 4.98 Å². The molecule has 1 rings (SSSR count). The number of aryl methyl sites for hydroxylation is 1. The molecule has 1 heterocycles. The van der Waals surface area contributed by atoms with Crippen LogP contribution in [0.2, 0.25) is 0 Å². The molecule has 2 N–H and O–H groups in total. The summed E-state index contributed by atoms with van der Waals surface area (Å²) in [5.41, 5.74) is 2.48. The number of alkyl halides is 1. The fourth-order valence-electron chi connectivity index (χ4n) is 1.26. The maximum absolute atomic E-state index is 9.54. The van der Waals surface area contributed by atoms with Crippen LogP contribution in [-0.2, 0) is 12.5 Å².